The van der Waals surface area contributed by atoms with Gasteiger partial charge in [0.25, 0.3) is 0 Å². The summed E-state index contributed by atoms with van der Waals surface area (Å²) in [5, 5.41) is 0. The first-order valence-electron chi connectivity index (χ1n) is 9.14. The smallest absolute Gasteiger partial charge is 0.130 e. The molecule has 0 atom stereocenters. The first-order valence-corrected chi connectivity index (χ1v) is 9.14. The third kappa shape index (κ3) is 11.2. The highest BCUT2D eigenvalue weighted by atomic mass is 19.1. The lowest BCUT2D eigenvalue weighted by Crippen LogP contribution is -2.25. The molecule has 136 valence electrons. The minimum absolute atomic E-state index is 0.745. The second kappa shape index (κ2) is 12.1. The van der Waals surface area contributed by atoms with Crippen molar-refractivity contribution in [1.29, 1.82) is 0 Å². The van der Waals surface area contributed by atoms with Crippen molar-refractivity contribution in [2.75, 3.05) is 13.1 Å². The normalized spacial score (nSPS) is 11.2. The zero-order valence-electron chi connectivity index (χ0n) is 16.5. The molecule has 0 saturated heterocycles. The number of terminal acetylenes is 1. The second-order valence-electron chi connectivity index (χ2n) is 7.49. The quantitative estimate of drug-likeness (QED) is 0.405. The molecule has 0 amide bonds. The lowest BCUT2D eigenvalue weighted by atomic mass is 9.98. The molecule has 0 aliphatic rings. The van der Waals surface area contributed by atoms with Crippen molar-refractivity contribution in [2.45, 2.75) is 73.0 Å². The number of rotatable bonds is 8. The van der Waals surface area contributed by atoms with Crippen molar-refractivity contribution in [2.24, 2.45) is 5.92 Å². The molecule has 0 fully saturated rings. The SMILES string of the molecule is C#CCCCN(CCC)Cc1cccc(C(C)(C)F)c1.CC(C)C. The summed E-state index contributed by atoms with van der Waals surface area (Å²) in [5.41, 5.74) is 0.632. The average Bonchev–Trinajstić information content (AvgIpc) is 2.46. The van der Waals surface area contributed by atoms with Gasteiger partial charge < -0.3 is 0 Å². The monoisotopic (exact) mass is 333 g/mol. The van der Waals surface area contributed by atoms with Crippen molar-refractivity contribution in [1.82, 2.24) is 4.90 Å². The molecule has 24 heavy (non-hydrogen) atoms. The zero-order chi connectivity index (χ0) is 18.6. The van der Waals surface area contributed by atoms with Gasteiger partial charge in [0.2, 0.25) is 0 Å². The van der Waals surface area contributed by atoms with E-state index in [4.69, 9.17) is 6.42 Å². The molecule has 0 spiro atoms. The molecule has 0 heterocycles. The molecule has 0 N–H and O–H groups in total. The largest absolute Gasteiger partial charge is 0.299 e. The molecule has 0 saturated carbocycles. The van der Waals surface area contributed by atoms with Gasteiger partial charge >= 0.3 is 0 Å². The summed E-state index contributed by atoms with van der Waals surface area (Å²) in [6.45, 7) is 14.8. The number of alkyl halides is 1. The molecule has 1 nitrogen and oxygen atoms in total. The molecule has 0 unspecified atom stereocenters. The predicted octanol–water partition coefficient (Wildman–Crippen LogP) is 6.18. The van der Waals surface area contributed by atoms with E-state index in [0.29, 0.717) is 0 Å². The van der Waals surface area contributed by atoms with Crippen LogP contribution in [0.1, 0.15) is 71.9 Å². The van der Waals surface area contributed by atoms with Crippen molar-refractivity contribution in [3.63, 3.8) is 0 Å². The van der Waals surface area contributed by atoms with Crippen LogP contribution in [0.2, 0.25) is 0 Å². The fourth-order valence-corrected chi connectivity index (χ4v) is 2.29. The van der Waals surface area contributed by atoms with Crippen molar-refractivity contribution in [3.05, 3.63) is 35.4 Å². The molecule has 0 aliphatic heterocycles. The first kappa shape index (κ1) is 22.7. The second-order valence-corrected chi connectivity index (χ2v) is 7.49. The van der Waals surface area contributed by atoms with E-state index in [0.717, 1.165) is 50.4 Å². The van der Waals surface area contributed by atoms with Gasteiger partial charge in [-0.1, -0.05) is 52.0 Å². The molecule has 1 rings (SSSR count). The van der Waals surface area contributed by atoms with E-state index < -0.39 is 5.67 Å². The average molecular weight is 334 g/mol. The third-order valence-electron chi connectivity index (χ3n) is 3.35. The molecular weight excluding hydrogens is 297 g/mol. The molecule has 0 radical (unpaired) electrons. The van der Waals surface area contributed by atoms with Crippen molar-refractivity contribution >= 4 is 0 Å². The number of unbranched alkanes of at least 4 members (excludes halogenated alkanes) is 1. The maximum absolute atomic E-state index is 14.0. The van der Waals surface area contributed by atoms with Crippen molar-refractivity contribution in [3.8, 4) is 12.3 Å². The third-order valence-corrected chi connectivity index (χ3v) is 3.35. The van der Waals surface area contributed by atoms with Crippen LogP contribution in [0.25, 0.3) is 0 Å². The van der Waals surface area contributed by atoms with Gasteiger partial charge in [-0.25, -0.2) is 4.39 Å². The highest BCUT2D eigenvalue weighted by Gasteiger charge is 2.18. The summed E-state index contributed by atoms with van der Waals surface area (Å²) in [4.78, 5) is 2.39. The molecule has 1 aromatic carbocycles. The van der Waals surface area contributed by atoms with E-state index in [1.165, 1.54) is 5.56 Å². The number of benzene rings is 1. The Hall–Kier alpha value is -1.33. The van der Waals surface area contributed by atoms with Crippen LogP contribution in [0, 0.1) is 18.3 Å². The van der Waals surface area contributed by atoms with Gasteiger partial charge in [-0.05, 0) is 56.8 Å². The van der Waals surface area contributed by atoms with E-state index in [1.807, 2.05) is 18.2 Å². The first-order chi connectivity index (χ1) is 11.2. The Morgan fingerprint density at radius 2 is 1.83 bits per heavy atom. The topological polar surface area (TPSA) is 3.24 Å². The molecule has 0 aromatic heterocycles. The van der Waals surface area contributed by atoms with E-state index >= 15 is 0 Å². The standard InChI is InChI=1S/C18H26FN.C4H10/c1-5-7-8-13-20(12-6-2)15-16-10-9-11-17(14-16)18(3,4)19;1-4(2)3/h1,9-11,14H,6-8,12-13,15H2,2-4H3;4H,1-3H3. The van der Waals surface area contributed by atoms with Crippen LogP contribution in [0.5, 0.6) is 0 Å². The van der Waals surface area contributed by atoms with Crippen LogP contribution in [-0.4, -0.2) is 18.0 Å². The molecule has 2 heteroatoms. The minimum Gasteiger partial charge on any atom is -0.299 e. The van der Waals surface area contributed by atoms with E-state index in [9.17, 15) is 4.39 Å². The molecule has 0 bridgehead atoms. The summed E-state index contributed by atoms with van der Waals surface area (Å²) in [5.74, 6) is 3.52. The fourth-order valence-electron chi connectivity index (χ4n) is 2.29. The van der Waals surface area contributed by atoms with Gasteiger partial charge in [0.1, 0.15) is 5.67 Å². The van der Waals surface area contributed by atoms with Crippen LogP contribution < -0.4 is 0 Å². The summed E-state index contributed by atoms with van der Waals surface area (Å²) in [6, 6.07) is 7.84. The van der Waals surface area contributed by atoms with Crippen LogP contribution in [0.4, 0.5) is 4.39 Å². The Labute approximate surface area is 149 Å². The van der Waals surface area contributed by atoms with Gasteiger partial charge in [-0.2, -0.15) is 0 Å². The lowest BCUT2D eigenvalue weighted by molar-refractivity contribution is 0.220. The predicted molar refractivity (Wildman–Crippen MR) is 105 cm³/mol. The van der Waals surface area contributed by atoms with Gasteiger partial charge in [0, 0.05) is 13.0 Å². The van der Waals surface area contributed by atoms with Crippen LogP contribution in [0.3, 0.4) is 0 Å². The Balaban J connectivity index is 0.00000118. The van der Waals surface area contributed by atoms with Gasteiger partial charge in [0.05, 0.1) is 0 Å². The van der Waals surface area contributed by atoms with Crippen molar-refractivity contribution < 1.29 is 4.39 Å². The Morgan fingerprint density at radius 1 is 1.21 bits per heavy atom. The Kier molecular flexibility index (Phi) is 11.4. The Bertz CT molecular complexity index is 477. The number of nitrogens with zero attached hydrogens (tertiary/aromatic N) is 1. The van der Waals surface area contributed by atoms with Gasteiger partial charge in [-0.15, -0.1) is 12.3 Å². The van der Waals surface area contributed by atoms with Crippen LogP contribution in [0.15, 0.2) is 24.3 Å². The fraction of sp³-hybridized carbons (Fsp3) is 0.636. The highest BCUT2D eigenvalue weighted by molar-refractivity contribution is 5.27. The maximum atomic E-state index is 14.0. The van der Waals surface area contributed by atoms with Gasteiger partial charge in [-0.3, -0.25) is 4.90 Å². The molecular formula is C22H36FN. The van der Waals surface area contributed by atoms with E-state index in [2.05, 4.69) is 44.6 Å². The minimum atomic E-state index is -1.28. The lowest BCUT2D eigenvalue weighted by Gasteiger charge is -2.22. The summed E-state index contributed by atoms with van der Waals surface area (Å²) < 4.78 is 14.0. The summed E-state index contributed by atoms with van der Waals surface area (Å²) >= 11 is 0. The van der Waals surface area contributed by atoms with E-state index in [1.54, 1.807) is 13.8 Å². The van der Waals surface area contributed by atoms with E-state index in [-0.39, 0.29) is 0 Å². The van der Waals surface area contributed by atoms with Gasteiger partial charge in [0.15, 0.2) is 0 Å². The maximum Gasteiger partial charge on any atom is 0.130 e. The van der Waals surface area contributed by atoms with Crippen LogP contribution >= 0.6 is 0 Å². The number of hydrogen-bond acceptors (Lipinski definition) is 1. The zero-order valence-corrected chi connectivity index (χ0v) is 16.5. The Morgan fingerprint density at radius 3 is 2.33 bits per heavy atom. The molecule has 1 aromatic rings. The van der Waals surface area contributed by atoms with Crippen LogP contribution in [-0.2, 0) is 12.2 Å². The highest BCUT2D eigenvalue weighted by Crippen LogP contribution is 2.25. The molecule has 0 aliphatic carbocycles. The summed E-state index contributed by atoms with van der Waals surface area (Å²) in [6.07, 6.45) is 8.25. The number of hydrogen-bond donors (Lipinski definition) is 0. The summed E-state index contributed by atoms with van der Waals surface area (Å²) in [7, 11) is 0. The number of halogens is 1.